The van der Waals surface area contributed by atoms with Crippen LogP contribution in [0.25, 0.3) is 0 Å². The lowest BCUT2D eigenvalue weighted by Gasteiger charge is -2.25. The largest absolute Gasteiger partial charge is 0.871 e. The van der Waals surface area contributed by atoms with Crippen LogP contribution in [0.1, 0.15) is 47.1 Å². The Hall–Kier alpha value is -2.04. The van der Waals surface area contributed by atoms with Crippen LogP contribution >= 0.6 is 0 Å². The van der Waals surface area contributed by atoms with Crippen molar-refractivity contribution in [2.75, 3.05) is 0 Å². The van der Waals surface area contributed by atoms with E-state index >= 15 is 0 Å². The first kappa shape index (κ1) is 13.0. The molecular formula is C12H12O5-2. The molecule has 0 saturated carbocycles. The Labute approximate surface area is 98.3 Å². The Morgan fingerprint density at radius 2 is 1.65 bits per heavy atom. The third-order valence-corrected chi connectivity index (χ3v) is 2.41. The van der Waals surface area contributed by atoms with Gasteiger partial charge < -0.3 is 20.1 Å². The summed E-state index contributed by atoms with van der Waals surface area (Å²) < 4.78 is 0. The Balaban J connectivity index is 3.59. The number of carbonyl (C=O) groups excluding carboxylic acids is 1. The molecule has 0 saturated heterocycles. The molecular weight excluding hydrogens is 224 g/mol. The van der Waals surface area contributed by atoms with Crippen LogP contribution in [0.2, 0.25) is 0 Å². The predicted octanol–water partition coefficient (Wildman–Crippen LogP) is 0.119. The Morgan fingerprint density at radius 1 is 1.18 bits per heavy atom. The van der Waals surface area contributed by atoms with Crippen molar-refractivity contribution in [1.82, 2.24) is 0 Å². The molecule has 0 fully saturated rings. The average molecular weight is 236 g/mol. The fourth-order valence-corrected chi connectivity index (χ4v) is 1.37. The van der Waals surface area contributed by atoms with E-state index in [-0.39, 0.29) is 0 Å². The number of hydrogen-bond donors (Lipinski definition) is 1. The third-order valence-electron chi connectivity index (χ3n) is 2.41. The van der Waals surface area contributed by atoms with Crippen molar-refractivity contribution >= 4 is 11.9 Å². The van der Waals surface area contributed by atoms with Crippen molar-refractivity contribution in [3.05, 3.63) is 28.8 Å². The van der Waals surface area contributed by atoms with Gasteiger partial charge >= 0.3 is 5.97 Å². The summed E-state index contributed by atoms with van der Waals surface area (Å²) in [5.74, 6) is -4.13. The lowest BCUT2D eigenvalue weighted by atomic mass is 9.84. The van der Waals surface area contributed by atoms with Gasteiger partial charge in [0.05, 0.1) is 11.5 Å². The number of carboxylic acids is 2. The molecule has 0 spiro atoms. The molecule has 0 amide bonds. The molecule has 1 rings (SSSR count). The molecule has 92 valence electrons. The minimum Gasteiger partial charge on any atom is -0.871 e. The highest BCUT2D eigenvalue weighted by Crippen LogP contribution is 2.29. The van der Waals surface area contributed by atoms with Crippen molar-refractivity contribution in [1.29, 1.82) is 0 Å². The zero-order valence-corrected chi connectivity index (χ0v) is 9.73. The summed E-state index contributed by atoms with van der Waals surface area (Å²) in [6, 6.07) is 2.38. The molecule has 1 aromatic carbocycles. The standard InChI is InChI=1S/C12H14O5/c1-12(2,3)6-4-7(10(14)15)9(13)8(5-6)11(16)17/h4-5,13H,1-3H3,(H,14,15)(H,16,17)/p-2. The van der Waals surface area contributed by atoms with Crippen LogP contribution in [0.4, 0.5) is 0 Å². The van der Waals surface area contributed by atoms with E-state index in [1.54, 1.807) is 20.8 Å². The summed E-state index contributed by atoms with van der Waals surface area (Å²) in [7, 11) is 0. The summed E-state index contributed by atoms with van der Waals surface area (Å²) in [6.45, 7) is 5.37. The van der Waals surface area contributed by atoms with Crippen LogP contribution in [0.15, 0.2) is 12.1 Å². The quantitative estimate of drug-likeness (QED) is 0.785. The molecule has 17 heavy (non-hydrogen) atoms. The van der Waals surface area contributed by atoms with Crippen molar-refractivity contribution in [3.63, 3.8) is 0 Å². The van der Waals surface area contributed by atoms with Gasteiger partial charge in [-0.25, -0.2) is 4.79 Å². The van der Waals surface area contributed by atoms with E-state index in [0.29, 0.717) is 5.56 Å². The van der Waals surface area contributed by atoms with E-state index in [0.717, 1.165) is 0 Å². The van der Waals surface area contributed by atoms with E-state index in [4.69, 9.17) is 5.11 Å². The summed E-state index contributed by atoms with van der Waals surface area (Å²) in [4.78, 5) is 21.6. The minimum atomic E-state index is -1.66. The lowest BCUT2D eigenvalue weighted by Crippen LogP contribution is -2.26. The van der Waals surface area contributed by atoms with Crippen LogP contribution in [0.5, 0.6) is 5.75 Å². The molecule has 1 N–H and O–H groups in total. The summed E-state index contributed by atoms with van der Waals surface area (Å²) in [5.41, 5.74) is -1.15. The monoisotopic (exact) mass is 236 g/mol. The van der Waals surface area contributed by atoms with Crippen LogP contribution in [0, 0.1) is 0 Å². The number of rotatable bonds is 2. The van der Waals surface area contributed by atoms with Crippen LogP contribution in [-0.4, -0.2) is 17.0 Å². The van der Waals surface area contributed by atoms with E-state index in [1.165, 1.54) is 12.1 Å². The van der Waals surface area contributed by atoms with Crippen molar-refractivity contribution in [3.8, 4) is 5.75 Å². The Kier molecular flexibility index (Phi) is 3.13. The zero-order valence-electron chi connectivity index (χ0n) is 9.73. The maximum atomic E-state index is 11.5. The molecule has 0 aliphatic carbocycles. The Morgan fingerprint density at radius 3 is 2.00 bits per heavy atom. The highest BCUT2D eigenvalue weighted by Gasteiger charge is 2.18. The van der Waals surface area contributed by atoms with Gasteiger partial charge in [0.1, 0.15) is 0 Å². The molecule has 0 aromatic heterocycles. The minimum absolute atomic E-state index is 0.456. The molecule has 0 aliphatic heterocycles. The molecule has 0 radical (unpaired) electrons. The first-order chi connectivity index (χ1) is 7.64. The summed E-state index contributed by atoms with van der Waals surface area (Å²) >= 11 is 0. The van der Waals surface area contributed by atoms with Gasteiger partial charge in [0.25, 0.3) is 0 Å². The fourth-order valence-electron chi connectivity index (χ4n) is 1.37. The van der Waals surface area contributed by atoms with E-state index in [1.807, 2.05) is 0 Å². The van der Waals surface area contributed by atoms with E-state index in [9.17, 15) is 19.8 Å². The average Bonchev–Trinajstić information content (AvgIpc) is 2.14. The molecule has 0 unspecified atom stereocenters. The van der Waals surface area contributed by atoms with E-state index in [2.05, 4.69) is 0 Å². The number of hydrogen-bond acceptors (Lipinski definition) is 4. The van der Waals surface area contributed by atoms with Crippen LogP contribution in [-0.2, 0) is 5.41 Å². The first-order valence-corrected chi connectivity index (χ1v) is 4.94. The summed E-state index contributed by atoms with van der Waals surface area (Å²) in [5, 5.41) is 31.1. The van der Waals surface area contributed by atoms with Gasteiger partial charge in [-0.2, -0.15) is 0 Å². The lowest BCUT2D eigenvalue weighted by molar-refractivity contribution is -0.276. The third kappa shape index (κ3) is 2.55. The van der Waals surface area contributed by atoms with Gasteiger partial charge in [0.15, 0.2) is 0 Å². The molecule has 5 heteroatoms. The number of aromatic carboxylic acids is 2. The topological polar surface area (TPSA) is 100 Å². The van der Waals surface area contributed by atoms with Crippen molar-refractivity contribution in [2.45, 2.75) is 26.2 Å². The van der Waals surface area contributed by atoms with Gasteiger partial charge in [-0.3, -0.25) is 0 Å². The fraction of sp³-hybridized carbons (Fsp3) is 0.333. The van der Waals surface area contributed by atoms with Gasteiger partial charge in [-0.1, -0.05) is 26.5 Å². The molecule has 0 atom stereocenters. The number of benzene rings is 1. The number of carbonyl (C=O) groups is 2. The molecule has 0 heterocycles. The predicted molar refractivity (Wildman–Crippen MR) is 55.9 cm³/mol. The molecule has 0 bridgehead atoms. The molecule has 1 aromatic rings. The normalized spacial score (nSPS) is 11.2. The molecule has 5 nitrogen and oxygen atoms in total. The second kappa shape index (κ2) is 4.08. The second-order valence-electron chi connectivity index (χ2n) is 4.74. The van der Waals surface area contributed by atoms with Crippen LogP contribution < -0.4 is 10.2 Å². The first-order valence-electron chi connectivity index (χ1n) is 4.94. The smallest absolute Gasteiger partial charge is 0.335 e. The molecule has 0 aliphatic rings. The van der Waals surface area contributed by atoms with Gasteiger partial charge in [0.2, 0.25) is 0 Å². The van der Waals surface area contributed by atoms with Gasteiger partial charge in [-0.15, -0.1) is 0 Å². The van der Waals surface area contributed by atoms with Crippen molar-refractivity contribution < 1.29 is 24.9 Å². The number of carboxylic acid groups (broad SMARTS) is 2. The van der Waals surface area contributed by atoms with Gasteiger partial charge in [0, 0.05) is 0 Å². The zero-order chi connectivity index (χ0) is 13.4. The SMILES string of the molecule is CC(C)(C)c1cc(C(=O)[O-])c([O-])c(C(=O)O)c1. The van der Waals surface area contributed by atoms with E-state index < -0.39 is 34.2 Å². The summed E-state index contributed by atoms with van der Waals surface area (Å²) in [6.07, 6.45) is 0. The second-order valence-corrected chi connectivity index (χ2v) is 4.74. The van der Waals surface area contributed by atoms with Gasteiger partial charge in [-0.05, 0) is 28.7 Å². The van der Waals surface area contributed by atoms with Crippen molar-refractivity contribution in [2.24, 2.45) is 0 Å². The van der Waals surface area contributed by atoms with Crippen LogP contribution in [0.3, 0.4) is 0 Å². The highest BCUT2D eigenvalue weighted by molar-refractivity contribution is 5.98. The Bertz CT molecular complexity index is 447. The highest BCUT2D eigenvalue weighted by atomic mass is 16.4. The maximum Gasteiger partial charge on any atom is 0.335 e. The maximum absolute atomic E-state index is 11.5.